The van der Waals surface area contributed by atoms with Crippen LogP contribution in [0.1, 0.15) is 43.4 Å². The smallest absolute Gasteiger partial charge is 0.407 e. The van der Waals surface area contributed by atoms with Gasteiger partial charge in [-0.1, -0.05) is 0 Å². The van der Waals surface area contributed by atoms with Gasteiger partial charge in [-0.15, -0.1) is 11.3 Å². The van der Waals surface area contributed by atoms with Gasteiger partial charge in [0.1, 0.15) is 17.1 Å². The van der Waals surface area contributed by atoms with Crippen molar-refractivity contribution < 1.29 is 18.7 Å². The van der Waals surface area contributed by atoms with Crippen LogP contribution in [0.4, 0.5) is 4.79 Å². The summed E-state index contributed by atoms with van der Waals surface area (Å²) >= 11 is 1.36. The lowest BCUT2D eigenvalue weighted by Gasteiger charge is -2.19. The van der Waals surface area contributed by atoms with E-state index < -0.39 is 11.7 Å². The van der Waals surface area contributed by atoms with Crippen LogP contribution in [-0.2, 0) is 4.74 Å². The molecule has 2 amide bonds. The van der Waals surface area contributed by atoms with Crippen LogP contribution in [-0.4, -0.2) is 35.7 Å². The van der Waals surface area contributed by atoms with Crippen LogP contribution in [0.25, 0.3) is 10.8 Å². The van der Waals surface area contributed by atoms with Crippen molar-refractivity contribution in [2.24, 2.45) is 0 Å². The molecule has 25 heavy (non-hydrogen) atoms. The van der Waals surface area contributed by atoms with Gasteiger partial charge in [0, 0.05) is 18.5 Å². The number of nitrogens with one attached hydrogen (secondary N) is 2. The van der Waals surface area contributed by atoms with Crippen molar-refractivity contribution in [2.75, 3.05) is 13.1 Å². The summed E-state index contributed by atoms with van der Waals surface area (Å²) in [6.07, 6.45) is 0.135. The minimum Gasteiger partial charge on any atom is -0.459 e. The van der Waals surface area contributed by atoms with Crippen molar-refractivity contribution >= 4 is 23.3 Å². The molecule has 0 bridgehead atoms. The molecule has 0 aliphatic heterocycles. The third kappa shape index (κ3) is 6.22. The quantitative estimate of drug-likeness (QED) is 0.766. The van der Waals surface area contributed by atoms with Gasteiger partial charge in [0.2, 0.25) is 0 Å². The molecule has 0 saturated carbocycles. The van der Waals surface area contributed by atoms with Crippen LogP contribution in [0.2, 0.25) is 0 Å². The molecule has 0 spiro atoms. The Morgan fingerprint density at radius 1 is 1.24 bits per heavy atom. The first-order valence-electron chi connectivity index (χ1n) is 8.02. The highest BCUT2D eigenvalue weighted by atomic mass is 32.1. The van der Waals surface area contributed by atoms with E-state index in [0.717, 1.165) is 5.76 Å². The second-order valence-corrected chi connectivity index (χ2v) is 7.34. The summed E-state index contributed by atoms with van der Waals surface area (Å²) in [5.41, 5.74) is -0.165. The highest BCUT2D eigenvalue weighted by molar-refractivity contribution is 7.13. The zero-order valence-electron chi connectivity index (χ0n) is 14.8. The molecule has 2 aromatic rings. The highest BCUT2D eigenvalue weighted by Gasteiger charge is 2.16. The SMILES string of the molecule is Cc1ccc(-c2nc(C(=O)NCCCNC(=O)OC(C)(C)C)cs2)o1. The predicted octanol–water partition coefficient (Wildman–Crippen LogP) is 3.36. The van der Waals surface area contributed by atoms with Gasteiger partial charge in [0.15, 0.2) is 10.8 Å². The Hall–Kier alpha value is -2.35. The molecule has 0 fully saturated rings. The molecule has 0 radical (unpaired) electrons. The van der Waals surface area contributed by atoms with E-state index in [1.165, 1.54) is 11.3 Å². The molecule has 0 aliphatic carbocycles. The second-order valence-electron chi connectivity index (χ2n) is 6.49. The first-order chi connectivity index (χ1) is 11.7. The number of ether oxygens (including phenoxy) is 1. The molecule has 2 N–H and O–H groups in total. The monoisotopic (exact) mass is 365 g/mol. The van der Waals surface area contributed by atoms with Gasteiger partial charge in [-0.05, 0) is 46.2 Å². The summed E-state index contributed by atoms with van der Waals surface area (Å²) in [7, 11) is 0. The number of rotatable bonds is 6. The fraction of sp³-hybridized carbons (Fsp3) is 0.471. The van der Waals surface area contributed by atoms with Crippen molar-refractivity contribution in [3.63, 3.8) is 0 Å². The second kappa shape index (κ2) is 8.15. The Bertz CT molecular complexity index is 730. The molecule has 7 nitrogen and oxygen atoms in total. The normalized spacial score (nSPS) is 11.2. The van der Waals surface area contributed by atoms with E-state index in [2.05, 4.69) is 15.6 Å². The van der Waals surface area contributed by atoms with E-state index in [4.69, 9.17) is 9.15 Å². The van der Waals surface area contributed by atoms with Crippen molar-refractivity contribution in [1.82, 2.24) is 15.6 Å². The fourth-order valence-electron chi connectivity index (χ4n) is 1.93. The lowest BCUT2D eigenvalue weighted by atomic mass is 10.2. The van der Waals surface area contributed by atoms with Crippen LogP contribution in [0.15, 0.2) is 21.9 Å². The van der Waals surface area contributed by atoms with Crippen molar-refractivity contribution in [2.45, 2.75) is 39.7 Å². The van der Waals surface area contributed by atoms with Gasteiger partial charge in [0.05, 0.1) is 0 Å². The summed E-state index contributed by atoms with van der Waals surface area (Å²) in [6.45, 7) is 8.12. The summed E-state index contributed by atoms with van der Waals surface area (Å²) in [4.78, 5) is 27.8. The molecular formula is C17H23N3O4S. The van der Waals surface area contributed by atoms with Gasteiger partial charge in [-0.2, -0.15) is 0 Å². The van der Waals surface area contributed by atoms with Crippen LogP contribution in [0.5, 0.6) is 0 Å². The number of carbonyl (C=O) groups excluding carboxylic acids is 2. The number of alkyl carbamates (subject to hydrolysis) is 1. The maximum absolute atomic E-state index is 12.1. The van der Waals surface area contributed by atoms with Gasteiger partial charge in [-0.3, -0.25) is 4.79 Å². The lowest BCUT2D eigenvalue weighted by molar-refractivity contribution is 0.0527. The number of hydrogen-bond donors (Lipinski definition) is 2. The van der Waals surface area contributed by atoms with Gasteiger partial charge >= 0.3 is 6.09 Å². The number of carbonyl (C=O) groups is 2. The Morgan fingerprint density at radius 3 is 2.60 bits per heavy atom. The minimum atomic E-state index is -0.521. The van der Waals surface area contributed by atoms with E-state index in [-0.39, 0.29) is 5.91 Å². The Morgan fingerprint density at radius 2 is 1.96 bits per heavy atom. The van der Waals surface area contributed by atoms with Gasteiger partial charge < -0.3 is 19.8 Å². The van der Waals surface area contributed by atoms with E-state index in [9.17, 15) is 9.59 Å². The van der Waals surface area contributed by atoms with Crippen molar-refractivity contribution in [1.29, 1.82) is 0 Å². The zero-order chi connectivity index (χ0) is 18.4. The van der Waals surface area contributed by atoms with E-state index in [1.807, 2.05) is 19.1 Å². The minimum absolute atomic E-state index is 0.247. The summed E-state index contributed by atoms with van der Waals surface area (Å²) in [5, 5.41) is 7.78. The lowest BCUT2D eigenvalue weighted by Crippen LogP contribution is -2.34. The molecule has 2 heterocycles. The van der Waals surface area contributed by atoms with Crippen LogP contribution < -0.4 is 10.6 Å². The zero-order valence-corrected chi connectivity index (χ0v) is 15.7. The number of hydrogen-bond acceptors (Lipinski definition) is 6. The maximum atomic E-state index is 12.1. The molecule has 0 aromatic carbocycles. The summed E-state index contributed by atoms with van der Waals surface area (Å²) < 4.78 is 10.6. The van der Waals surface area contributed by atoms with E-state index in [0.29, 0.717) is 36.0 Å². The maximum Gasteiger partial charge on any atom is 0.407 e. The van der Waals surface area contributed by atoms with E-state index >= 15 is 0 Å². The molecule has 0 aliphatic rings. The van der Waals surface area contributed by atoms with Crippen LogP contribution >= 0.6 is 11.3 Å². The Balaban J connectivity index is 1.71. The first-order valence-corrected chi connectivity index (χ1v) is 8.90. The van der Waals surface area contributed by atoms with E-state index in [1.54, 1.807) is 26.2 Å². The first kappa shape index (κ1) is 19.0. The summed E-state index contributed by atoms with van der Waals surface area (Å²) in [5.74, 6) is 1.21. The molecule has 0 atom stereocenters. The number of amides is 2. The number of aryl methyl sites for hydroxylation is 1. The molecule has 136 valence electrons. The standard InChI is InChI=1S/C17H23N3O4S/c1-11-6-7-13(23-11)15-20-12(10-25-15)14(21)18-8-5-9-19-16(22)24-17(2,3)4/h6-7,10H,5,8-9H2,1-4H3,(H,18,21)(H,19,22). The molecule has 0 unspecified atom stereocenters. The molecule has 2 rings (SSSR count). The molecule has 8 heteroatoms. The number of furan rings is 1. The van der Waals surface area contributed by atoms with Crippen LogP contribution in [0.3, 0.4) is 0 Å². The van der Waals surface area contributed by atoms with Gasteiger partial charge in [0.25, 0.3) is 5.91 Å². The number of nitrogens with zero attached hydrogens (tertiary/aromatic N) is 1. The van der Waals surface area contributed by atoms with Crippen LogP contribution in [0, 0.1) is 6.92 Å². The van der Waals surface area contributed by atoms with Crippen molar-refractivity contribution in [3.05, 3.63) is 29.0 Å². The Kier molecular flexibility index (Phi) is 6.19. The summed E-state index contributed by atoms with van der Waals surface area (Å²) in [6, 6.07) is 3.69. The number of thiazole rings is 1. The molecule has 0 saturated heterocycles. The number of aromatic nitrogens is 1. The predicted molar refractivity (Wildman–Crippen MR) is 95.7 cm³/mol. The van der Waals surface area contributed by atoms with Crippen molar-refractivity contribution in [3.8, 4) is 10.8 Å². The highest BCUT2D eigenvalue weighted by Crippen LogP contribution is 2.25. The molecular weight excluding hydrogens is 342 g/mol. The largest absolute Gasteiger partial charge is 0.459 e. The third-order valence-electron chi connectivity index (χ3n) is 3.00. The third-order valence-corrected chi connectivity index (χ3v) is 3.85. The average Bonchev–Trinajstić information content (AvgIpc) is 3.13. The molecule has 2 aromatic heterocycles. The topological polar surface area (TPSA) is 93.5 Å². The fourth-order valence-corrected chi connectivity index (χ4v) is 2.69. The average molecular weight is 365 g/mol. The van der Waals surface area contributed by atoms with Gasteiger partial charge in [-0.25, -0.2) is 9.78 Å². The Labute approximate surface area is 150 Å².